The Kier molecular flexibility index (Phi) is 5.65. The molecular formula is C21H19Cl2N5O2. The van der Waals surface area contributed by atoms with E-state index in [2.05, 4.69) is 10.4 Å². The fourth-order valence-electron chi connectivity index (χ4n) is 3.45. The Labute approximate surface area is 182 Å². The largest absolute Gasteiger partial charge is 0.329 e. The third kappa shape index (κ3) is 3.74. The molecule has 0 unspecified atom stereocenters. The topological polar surface area (TPSA) is 73.8 Å². The molecule has 0 spiro atoms. The van der Waals surface area contributed by atoms with Gasteiger partial charge in [0.2, 0.25) is 5.91 Å². The maximum atomic E-state index is 12.7. The summed E-state index contributed by atoms with van der Waals surface area (Å²) in [6.45, 7) is 2.67. The fourth-order valence-corrected chi connectivity index (χ4v) is 3.83. The Morgan fingerprint density at radius 2 is 1.77 bits per heavy atom. The van der Waals surface area contributed by atoms with Crippen molar-refractivity contribution < 1.29 is 4.79 Å². The minimum Gasteiger partial charge on any atom is -0.309 e. The van der Waals surface area contributed by atoms with E-state index >= 15 is 0 Å². The van der Waals surface area contributed by atoms with Crippen molar-refractivity contribution in [3.8, 4) is 0 Å². The lowest BCUT2D eigenvalue weighted by molar-refractivity contribution is -0.116. The van der Waals surface area contributed by atoms with Crippen LogP contribution in [0.1, 0.15) is 12.5 Å². The van der Waals surface area contributed by atoms with Crippen LogP contribution >= 0.6 is 23.2 Å². The second-order valence-corrected chi connectivity index (χ2v) is 7.52. The third-order valence-corrected chi connectivity index (χ3v) is 5.74. The zero-order chi connectivity index (χ0) is 21.3. The number of carbonyl (C=O) groups excluding carboxylic acids is 1. The Morgan fingerprint density at radius 1 is 1.03 bits per heavy atom. The molecule has 9 heteroatoms. The molecule has 0 bridgehead atoms. The number of nitrogens with zero attached hydrogens (tertiary/aromatic N) is 4. The van der Waals surface area contributed by atoms with Crippen LogP contribution in [0.4, 0.5) is 5.82 Å². The molecule has 0 saturated carbocycles. The summed E-state index contributed by atoms with van der Waals surface area (Å²) in [5.41, 5.74) is 2.09. The molecule has 30 heavy (non-hydrogen) atoms. The number of benzene rings is 2. The summed E-state index contributed by atoms with van der Waals surface area (Å²) in [6.07, 6.45) is 1.59. The van der Waals surface area contributed by atoms with Crippen molar-refractivity contribution >= 4 is 46.0 Å². The minimum absolute atomic E-state index is 0.102. The van der Waals surface area contributed by atoms with Gasteiger partial charge in [-0.05, 0) is 30.7 Å². The highest BCUT2D eigenvalue weighted by molar-refractivity contribution is 6.42. The van der Waals surface area contributed by atoms with E-state index < -0.39 is 0 Å². The van der Waals surface area contributed by atoms with Crippen LogP contribution in [-0.2, 0) is 24.4 Å². The molecule has 154 valence electrons. The lowest BCUT2D eigenvalue weighted by Gasteiger charge is -2.11. The molecule has 0 saturated heterocycles. The van der Waals surface area contributed by atoms with E-state index in [1.54, 1.807) is 33.6 Å². The average molecular weight is 444 g/mol. The summed E-state index contributed by atoms with van der Waals surface area (Å²) in [5.74, 6) is 0.179. The molecular weight excluding hydrogens is 425 g/mol. The van der Waals surface area contributed by atoms with Gasteiger partial charge < -0.3 is 5.32 Å². The van der Waals surface area contributed by atoms with E-state index in [1.165, 1.54) is 4.57 Å². The summed E-state index contributed by atoms with van der Waals surface area (Å²) in [7, 11) is 0. The number of imidazole rings is 1. The highest BCUT2D eigenvalue weighted by Gasteiger charge is 2.16. The number of nitrogens with one attached hydrogen (secondary N) is 1. The lowest BCUT2D eigenvalue weighted by Crippen LogP contribution is -2.29. The highest BCUT2D eigenvalue weighted by atomic mass is 35.5. The number of carbonyl (C=O) groups is 1. The molecule has 0 radical (unpaired) electrons. The number of hydrogen-bond acceptors (Lipinski definition) is 3. The molecule has 4 aromatic rings. The maximum absolute atomic E-state index is 12.7. The standard InChI is InChI=1S/C21H19Cl2N5O2/c1-2-26-16-8-3-4-9-17(16)27(21(26)30)13-19(29)25-18-10-11-24-28(18)12-14-6-5-7-15(22)20(14)23/h3-11H,2,12-13H2,1H3,(H,25,29). The van der Waals surface area contributed by atoms with Crippen molar-refractivity contribution in [1.82, 2.24) is 18.9 Å². The normalized spacial score (nSPS) is 11.2. The van der Waals surface area contributed by atoms with Crippen LogP contribution in [0.25, 0.3) is 11.0 Å². The van der Waals surface area contributed by atoms with Crippen LogP contribution in [0.5, 0.6) is 0 Å². The molecule has 4 rings (SSSR count). The van der Waals surface area contributed by atoms with Crippen molar-refractivity contribution in [2.75, 3.05) is 5.32 Å². The van der Waals surface area contributed by atoms with Gasteiger partial charge in [-0.25, -0.2) is 9.48 Å². The van der Waals surface area contributed by atoms with Crippen LogP contribution in [-0.4, -0.2) is 24.8 Å². The van der Waals surface area contributed by atoms with Crippen LogP contribution < -0.4 is 11.0 Å². The molecule has 2 heterocycles. The highest BCUT2D eigenvalue weighted by Crippen LogP contribution is 2.26. The van der Waals surface area contributed by atoms with Gasteiger partial charge in [0.1, 0.15) is 12.4 Å². The van der Waals surface area contributed by atoms with Crippen molar-refractivity contribution in [2.45, 2.75) is 26.6 Å². The molecule has 1 amide bonds. The molecule has 0 aliphatic carbocycles. The quantitative estimate of drug-likeness (QED) is 0.489. The van der Waals surface area contributed by atoms with E-state index in [-0.39, 0.29) is 18.1 Å². The zero-order valence-electron chi connectivity index (χ0n) is 16.2. The van der Waals surface area contributed by atoms with Crippen LogP contribution in [0.15, 0.2) is 59.5 Å². The molecule has 1 N–H and O–H groups in total. The SMILES string of the molecule is CCn1c(=O)n(CC(=O)Nc2ccnn2Cc2cccc(Cl)c2Cl)c2ccccc21. The maximum Gasteiger partial charge on any atom is 0.329 e. The fraction of sp³-hybridized carbons (Fsp3) is 0.190. The minimum atomic E-state index is -0.324. The number of fused-ring (bicyclic) bond motifs is 1. The first-order chi connectivity index (χ1) is 14.5. The Morgan fingerprint density at radius 3 is 2.50 bits per heavy atom. The van der Waals surface area contributed by atoms with Crippen molar-refractivity contribution in [3.05, 3.63) is 80.8 Å². The molecule has 2 aromatic carbocycles. The van der Waals surface area contributed by atoms with Gasteiger partial charge in [0.15, 0.2) is 0 Å². The molecule has 0 aliphatic rings. The van der Waals surface area contributed by atoms with E-state index in [0.717, 1.165) is 16.6 Å². The number of hydrogen-bond donors (Lipinski definition) is 1. The molecule has 0 atom stereocenters. The third-order valence-electron chi connectivity index (χ3n) is 4.88. The first-order valence-corrected chi connectivity index (χ1v) is 10.2. The van der Waals surface area contributed by atoms with Gasteiger partial charge in [0.05, 0.1) is 33.8 Å². The smallest absolute Gasteiger partial charge is 0.309 e. The van der Waals surface area contributed by atoms with Gasteiger partial charge in [-0.3, -0.25) is 13.9 Å². The number of aromatic nitrogens is 4. The second-order valence-electron chi connectivity index (χ2n) is 6.74. The first kappa shape index (κ1) is 20.3. The zero-order valence-corrected chi connectivity index (χ0v) is 17.7. The number of rotatable bonds is 6. The van der Waals surface area contributed by atoms with Crippen LogP contribution in [0.3, 0.4) is 0 Å². The summed E-state index contributed by atoms with van der Waals surface area (Å²) in [5, 5.41) is 7.99. The van der Waals surface area contributed by atoms with Gasteiger partial charge in [0.25, 0.3) is 0 Å². The Balaban J connectivity index is 1.56. The second kappa shape index (κ2) is 8.38. The summed E-state index contributed by atoms with van der Waals surface area (Å²) in [4.78, 5) is 25.5. The number of para-hydroxylation sites is 2. The van der Waals surface area contributed by atoms with E-state index in [4.69, 9.17) is 23.2 Å². The lowest BCUT2D eigenvalue weighted by atomic mass is 10.2. The number of anilines is 1. The van der Waals surface area contributed by atoms with Crippen LogP contribution in [0, 0.1) is 0 Å². The summed E-state index contributed by atoms with van der Waals surface area (Å²) < 4.78 is 4.74. The van der Waals surface area contributed by atoms with Gasteiger partial charge in [0, 0.05) is 12.6 Å². The summed E-state index contributed by atoms with van der Waals surface area (Å²) in [6, 6.07) is 14.5. The Bertz CT molecular complexity index is 1290. The Hall–Kier alpha value is -3.03. The number of aryl methyl sites for hydroxylation is 1. The van der Waals surface area contributed by atoms with E-state index in [1.807, 2.05) is 37.3 Å². The predicted molar refractivity (Wildman–Crippen MR) is 118 cm³/mol. The first-order valence-electron chi connectivity index (χ1n) is 9.42. The summed E-state index contributed by atoms with van der Waals surface area (Å²) >= 11 is 12.3. The number of amides is 1. The van der Waals surface area contributed by atoms with Gasteiger partial charge >= 0.3 is 5.69 Å². The predicted octanol–water partition coefficient (Wildman–Crippen LogP) is 4.01. The number of halogens is 2. The van der Waals surface area contributed by atoms with E-state index in [9.17, 15) is 9.59 Å². The van der Waals surface area contributed by atoms with Gasteiger partial charge in [-0.15, -0.1) is 0 Å². The van der Waals surface area contributed by atoms with Crippen LogP contribution in [0.2, 0.25) is 10.0 Å². The van der Waals surface area contributed by atoms with E-state index in [0.29, 0.717) is 29.0 Å². The van der Waals surface area contributed by atoms with Gasteiger partial charge in [-0.2, -0.15) is 5.10 Å². The molecule has 0 fully saturated rings. The molecule has 2 aromatic heterocycles. The molecule has 0 aliphatic heterocycles. The van der Waals surface area contributed by atoms with Crippen molar-refractivity contribution in [3.63, 3.8) is 0 Å². The van der Waals surface area contributed by atoms with Gasteiger partial charge in [-0.1, -0.05) is 47.5 Å². The van der Waals surface area contributed by atoms with Crippen molar-refractivity contribution in [2.24, 2.45) is 0 Å². The average Bonchev–Trinajstić information content (AvgIpc) is 3.27. The monoisotopic (exact) mass is 443 g/mol. The molecule has 7 nitrogen and oxygen atoms in total. The van der Waals surface area contributed by atoms with Crippen molar-refractivity contribution in [1.29, 1.82) is 0 Å².